The Morgan fingerprint density at radius 2 is 2.36 bits per heavy atom. The molecule has 0 saturated carbocycles. The molecule has 2 aromatic heterocycles. The topological polar surface area (TPSA) is 92.9 Å². The van der Waals surface area contributed by atoms with Crippen molar-refractivity contribution in [1.29, 1.82) is 0 Å². The van der Waals surface area contributed by atoms with Crippen molar-refractivity contribution in [1.82, 2.24) is 20.3 Å². The number of alkyl halides is 2. The van der Waals surface area contributed by atoms with Gasteiger partial charge in [0.1, 0.15) is 17.1 Å². The monoisotopic (exact) mass is 312 g/mol. The van der Waals surface area contributed by atoms with E-state index in [0.29, 0.717) is 17.0 Å². The molecule has 2 heterocycles. The van der Waals surface area contributed by atoms with E-state index in [1.165, 1.54) is 11.7 Å². The Kier molecular flexibility index (Phi) is 3.34. The Bertz CT molecular complexity index is 775. The molecule has 2 aromatic rings. The zero-order valence-electron chi connectivity index (χ0n) is 11.8. The van der Waals surface area contributed by atoms with Crippen molar-refractivity contribution in [3.8, 4) is 0 Å². The van der Waals surface area contributed by atoms with Crippen LogP contribution in [-0.2, 0) is 26.4 Å². The smallest absolute Gasteiger partial charge is 0.269 e. The third kappa shape index (κ3) is 2.66. The van der Waals surface area contributed by atoms with Gasteiger partial charge < -0.3 is 9.84 Å². The number of nitrogens with one attached hydrogen (secondary N) is 2. The van der Waals surface area contributed by atoms with E-state index in [1.807, 2.05) is 0 Å². The van der Waals surface area contributed by atoms with Crippen LogP contribution in [-0.4, -0.2) is 26.8 Å². The average Bonchev–Trinajstić information content (AvgIpc) is 2.98. The number of aromatic amines is 1. The molecule has 1 amide bonds. The second-order valence-corrected chi connectivity index (χ2v) is 5.31. The van der Waals surface area contributed by atoms with Gasteiger partial charge in [-0.05, 0) is 0 Å². The van der Waals surface area contributed by atoms with Gasteiger partial charge in [-0.3, -0.25) is 19.4 Å². The lowest BCUT2D eigenvalue weighted by molar-refractivity contribution is -0.0147. The van der Waals surface area contributed by atoms with E-state index in [2.05, 4.69) is 15.6 Å². The molecule has 0 unspecified atom stereocenters. The molecule has 1 aliphatic rings. The molecule has 0 atom stereocenters. The fourth-order valence-corrected chi connectivity index (χ4v) is 2.51. The van der Waals surface area contributed by atoms with Gasteiger partial charge in [0.15, 0.2) is 0 Å². The van der Waals surface area contributed by atoms with Crippen LogP contribution in [0.25, 0.3) is 0 Å². The first kappa shape index (κ1) is 14.5. The summed E-state index contributed by atoms with van der Waals surface area (Å²) in [5.41, 5.74) is 0.404. The first-order chi connectivity index (χ1) is 10.4. The predicted octanol–water partition coefficient (Wildman–Crippen LogP) is 0.755. The van der Waals surface area contributed by atoms with E-state index in [1.54, 1.807) is 0 Å². The van der Waals surface area contributed by atoms with Gasteiger partial charge in [-0.15, -0.1) is 0 Å². The van der Waals surface area contributed by atoms with Crippen LogP contribution in [0.3, 0.4) is 0 Å². The fourth-order valence-electron chi connectivity index (χ4n) is 2.51. The van der Waals surface area contributed by atoms with Crippen LogP contribution in [0.4, 0.5) is 8.78 Å². The summed E-state index contributed by atoms with van der Waals surface area (Å²) in [6.45, 7) is -0.0346. The highest BCUT2D eigenvalue weighted by atomic mass is 19.3. The molecule has 0 saturated heterocycles. The SMILES string of the molecule is Cn1[nH]c(=O)cc1C(=O)NCc1noc2c1CC(F)(F)CC2. The molecule has 9 heteroatoms. The highest BCUT2D eigenvalue weighted by Crippen LogP contribution is 2.34. The molecule has 0 radical (unpaired) electrons. The normalized spacial score (nSPS) is 16.3. The predicted molar refractivity (Wildman–Crippen MR) is 70.7 cm³/mol. The number of H-pyrrole nitrogens is 1. The molecule has 0 bridgehead atoms. The molecular formula is C13H14F2N4O3. The van der Waals surface area contributed by atoms with Crippen LogP contribution in [0.15, 0.2) is 15.4 Å². The first-order valence-electron chi connectivity index (χ1n) is 6.74. The van der Waals surface area contributed by atoms with Gasteiger partial charge in [-0.1, -0.05) is 5.16 Å². The number of hydrogen-bond donors (Lipinski definition) is 2. The second-order valence-electron chi connectivity index (χ2n) is 5.31. The van der Waals surface area contributed by atoms with Gasteiger partial charge >= 0.3 is 0 Å². The Morgan fingerprint density at radius 3 is 3.05 bits per heavy atom. The number of hydrogen-bond acceptors (Lipinski definition) is 4. The minimum Gasteiger partial charge on any atom is -0.361 e. The lowest BCUT2D eigenvalue weighted by Crippen LogP contribution is -2.28. The number of aromatic nitrogens is 3. The van der Waals surface area contributed by atoms with Crippen LogP contribution < -0.4 is 10.9 Å². The molecule has 0 aromatic carbocycles. The maximum Gasteiger partial charge on any atom is 0.269 e. The zero-order valence-corrected chi connectivity index (χ0v) is 11.8. The fraction of sp³-hybridized carbons (Fsp3) is 0.462. The van der Waals surface area contributed by atoms with Gasteiger partial charge in [-0.2, -0.15) is 0 Å². The Balaban J connectivity index is 1.73. The molecule has 2 N–H and O–H groups in total. The molecule has 3 rings (SSSR count). The summed E-state index contributed by atoms with van der Waals surface area (Å²) in [4.78, 5) is 23.1. The lowest BCUT2D eigenvalue weighted by Gasteiger charge is -2.20. The Morgan fingerprint density at radius 1 is 1.59 bits per heavy atom. The van der Waals surface area contributed by atoms with E-state index < -0.39 is 23.8 Å². The number of amides is 1. The van der Waals surface area contributed by atoms with E-state index in [-0.39, 0.29) is 25.1 Å². The summed E-state index contributed by atoms with van der Waals surface area (Å²) in [6, 6.07) is 1.15. The van der Waals surface area contributed by atoms with Crippen LogP contribution in [0, 0.1) is 0 Å². The number of nitrogens with zero attached hydrogens (tertiary/aromatic N) is 2. The Labute approximate surface area is 123 Å². The average molecular weight is 312 g/mol. The van der Waals surface area contributed by atoms with Gasteiger partial charge in [-0.25, -0.2) is 8.78 Å². The highest BCUT2D eigenvalue weighted by Gasteiger charge is 2.37. The third-order valence-electron chi connectivity index (χ3n) is 3.66. The zero-order chi connectivity index (χ0) is 15.9. The third-order valence-corrected chi connectivity index (χ3v) is 3.66. The van der Waals surface area contributed by atoms with Crippen molar-refractivity contribution in [3.05, 3.63) is 39.1 Å². The minimum atomic E-state index is -2.78. The lowest BCUT2D eigenvalue weighted by atomic mass is 9.93. The van der Waals surface area contributed by atoms with Crippen molar-refractivity contribution in [2.24, 2.45) is 7.05 Å². The van der Waals surface area contributed by atoms with Crippen LogP contribution in [0.5, 0.6) is 0 Å². The molecule has 0 spiro atoms. The van der Waals surface area contributed by atoms with Crippen molar-refractivity contribution in [3.63, 3.8) is 0 Å². The van der Waals surface area contributed by atoms with Crippen LogP contribution in [0.1, 0.15) is 33.9 Å². The largest absolute Gasteiger partial charge is 0.361 e. The number of fused-ring (bicyclic) bond motifs is 1. The van der Waals surface area contributed by atoms with E-state index in [0.717, 1.165) is 6.07 Å². The quantitative estimate of drug-likeness (QED) is 0.875. The second kappa shape index (κ2) is 5.08. The molecule has 1 aliphatic carbocycles. The van der Waals surface area contributed by atoms with Crippen molar-refractivity contribution < 1.29 is 18.1 Å². The number of carbonyl (C=O) groups is 1. The van der Waals surface area contributed by atoms with Crippen molar-refractivity contribution in [2.45, 2.75) is 31.7 Å². The number of rotatable bonds is 3. The van der Waals surface area contributed by atoms with Crippen LogP contribution >= 0.6 is 0 Å². The van der Waals surface area contributed by atoms with Crippen molar-refractivity contribution in [2.75, 3.05) is 0 Å². The van der Waals surface area contributed by atoms with E-state index >= 15 is 0 Å². The molecule has 0 aliphatic heterocycles. The molecular weight excluding hydrogens is 298 g/mol. The standard InChI is InChI=1S/C13H14F2N4O3/c1-19-9(4-11(20)17-19)12(21)16-6-8-7-5-13(14,15)3-2-10(7)22-18-8/h4H,2-3,5-6H2,1H3,(H,16,21)(H,17,20). The summed E-state index contributed by atoms with van der Waals surface area (Å²) in [6.07, 6.45) is -0.554. The summed E-state index contributed by atoms with van der Waals surface area (Å²) >= 11 is 0. The first-order valence-corrected chi connectivity index (χ1v) is 6.74. The van der Waals surface area contributed by atoms with Gasteiger partial charge in [0.25, 0.3) is 17.4 Å². The maximum absolute atomic E-state index is 13.5. The highest BCUT2D eigenvalue weighted by molar-refractivity contribution is 5.92. The number of carbonyl (C=O) groups excluding carboxylic acids is 1. The number of aryl methyl sites for hydroxylation is 2. The molecule has 7 nitrogen and oxygen atoms in total. The van der Waals surface area contributed by atoms with E-state index in [4.69, 9.17) is 4.52 Å². The van der Waals surface area contributed by atoms with Gasteiger partial charge in [0, 0.05) is 37.9 Å². The Hall–Kier alpha value is -2.45. The van der Waals surface area contributed by atoms with Crippen molar-refractivity contribution >= 4 is 5.91 Å². The number of halogens is 2. The summed E-state index contributed by atoms with van der Waals surface area (Å²) < 4.78 is 33.3. The van der Waals surface area contributed by atoms with E-state index in [9.17, 15) is 18.4 Å². The van der Waals surface area contributed by atoms with Crippen LogP contribution in [0.2, 0.25) is 0 Å². The maximum atomic E-state index is 13.5. The summed E-state index contributed by atoms with van der Waals surface area (Å²) in [7, 11) is 1.52. The summed E-state index contributed by atoms with van der Waals surface area (Å²) in [5.74, 6) is -2.83. The van der Waals surface area contributed by atoms with Gasteiger partial charge in [0.2, 0.25) is 0 Å². The minimum absolute atomic E-state index is 0.0346. The molecule has 22 heavy (non-hydrogen) atoms. The van der Waals surface area contributed by atoms with Gasteiger partial charge in [0.05, 0.1) is 6.54 Å². The molecule has 118 valence electrons. The molecule has 0 fully saturated rings. The summed E-state index contributed by atoms with van der Waals surface area (Å²) in [5, 5.41) is 8.71.